The van der Waals surface area contributed by atoms with Crippen molar-refractivity contribution < 1.29 is 19.5 Å². The quantitative estimate of drug-likeness (QED) is 0.393. The van der Waals surface area contributed by atoms with E-state index in [9.17, 15) is 14.4 Å². The molecule has 0 saturated heterocycles. The normalized spacial score (nSPS) is 13.4. The number of rotatable bonds is 9. The number of hydrogen-bond acceptors (Lipinski definition) is 5. The molecule has 1 aromatic heterocycles. The van der Waals surface area contributed by atoms with Gasteiger partial charge in [-0.2, -0.15) is 0 Å². The van der Waals surface area contributed by atoms with Crippen molar-refractivity contribution in [2.24, 2.45) is 11.7 Å². The molecule has 2 atom stereocenters. The highest BCUT2D eigenvalue weighted by Gasteiger charge is 2.22. The Balaban J connectivity index is 2.44. The molecule has 0 spiro atoms. The van der Waals surface area contributed by atoms with Crippen LogP contribution in [0.2, 0.25) is 0 Å². The summed E-state index contributed by atoms with van der Waals surface area (Å²) in [6, 6.07) is -1.81. The summed E-state index contributed by atoms with van der Waals surface area (Å²) < 4.78 is 0. The van der Waals surface area contributed by atoms with Crippen LogP contribution in [-0.2, 0) is 20.8 Å². The number of nitrogens with two attached hydrogens (primary N) is 1. The number of carboxylic acid groups (broad SMARTS) is 1. The lowest BCUT2D eigenvalue weighted by molar-refractivity contribution is -0.141. The average molecular weight is 325 g/mol. The second kappa shape index (κ2) is 8.89. The van der Waals surface area contributed by atoms with Crippen LogP contribution >= 0.6 is 0 Å². The van der Waals surface area contributed by atoms with Crippen molar-refractivity contribution in [3.8, 4) is 0 Å². The summed E-state index contributed by atoms with van der Waals surface area (Å²) in [6.07, 6.45) is 3.52. The molecule has 1 rings (SSSR count). The van der Waals surface area contributed by atoms with Crippen LogP contribution in [0.3, 0.4) is 0 Å². The Morgan fingerprint density at radius 2 is 2.09 bits per heavy atom. The third kappa shape index (κ3) is 6.92. The third-order valence-corrected chi connectivity index (χ3v) is 3.09. The molecule has 9 heteroatoms. The van der Waals surface area contributed by atoms with E-state index in [0.29, 0.717) is 12.1 Å². The van der Waals surface area contributed by atoms with Crippen molar-refractivity contribution >= 4 is 17.8 Å². The van der Waals surface area contributed by atoms with Gasteiger partial charge in [0, 0.05) is 12.6 Å². The minimum Gasteiger partial charge on any atom is -0.480 e. The molecule has 0 fully saturated rings. The molecule has 0 aliphatic heterocycles. The number of H-pyrrole nitrogens is 1. The van der Waals surface area contributed by atoms with Gasteiger partial charge >= 0.3 is 5.97 Å². The van der Waals surface area contributed by atoms with Gasteiger partial charge in [-0.25, -0.2) is 9.78 Å². The topological polar surface area (TPSA) is 150 Å². The van der Waals surface area contributed by atoms with E-state index in [-0.39, 0.29) is 18.9 Å². The van der Waals surface area contributed by atoms with Crippen molar-refractivity contribution in [1.82, 2.24) is 20.6 Å². The number of imidazole rings is 1. The van der Waals surface area contributed by atoms with Gasteiger partial charge in [0.2, 0.25) is 11.8 Å². The van der Waals surface area contributed by atoms with E-state index >= 15 is 0 Å². The van der Waals surface area contributed by atoms with Crippen molar-refractivity contribution in [3.05, 3.63) is 18.2 Å². The highest BCUT2D eigenvalue weighted by molar-refractivity contribution is 5.89. The Morgan fingerprint density at radius 3 is 2.61 bits per heavy atom. The van der Waals surface area contributed by atoms with E-state index in [2.05, 4.69) is 20.6 Å². The Kier molecular flexibility index (Phi) is 7.20. The lowest BCUT2D eigenvalue weighted by atomic mass is 10.0. The van der Waals surface area contributed by atoms with Crippen molar-refractivity contribution in [2.45, 2.75) is 38.8 Å². The van der Waals surface area contributed by atoms with Crippen LogP contribution in [0, 0.1) is 5.92 Å². The zero-order valence-electron chi connectivity index (χ0n) is 13.2. The SMILES string of the molecule is CC(C)C[C@H](N)C(=O)NCC(=O)N[C@@H](Cc1c[nH]cn1)C(=O)O. The molecule has 0 saturated carbocycles. The molecule has 2 amide bonds. The molecule has 1 aromatic rings. The summed E-state index contributed by atoms with van der Waals surface area (Å²) in [4.78, 5) is 41.3. The minimum absolute atomic E-state index is 0.0470. The first-order valence-electron chi connectivity index (χ1n) is 7.32. The maximum absolute atomic E-state index is 11.8. The van der Waals surface area contributed by atoms with Crippen LogP contribution in [0.15, 0.2) is 12.5 Å². The number of amides is 2. The molecule has 0 bridgehead atoms. The largest absolute Gasteiger partial charge is 0.480 e. The molecular formula is C14H23N5O4. The fourth-order valence-corrected chi connectivity index (χ4v) is 1.97. The predicted molar refractivity (Wildman–Crippen MR) is 82.3 cm³/mol. The van der Waals surface area contributed by atoms with Gasteiger partial charge in [-0.1, -0.05) is 13.8 Å². The summed E-state index contributed by atoms with van der Waals surface area (Å²) in [5.74, 6) is -1.95. The monoisotopic (exact) mass is 325 g/mol. The van der Waals surface area contributed by atoms with Gasteiger partial charge < -0.3 is 26.5 Å². The van der Waals surface area contributed by atoms with E-state index in [1.807, 2.05) is 13.8 Å². The molecule has 0 aromatic carbocycles. The standard InChI is InChI=1S/C14H23N5O4/c1-8(2)3-10(15)13(21)17-6-12(20)19-11(14(22)23)4-9-5-16-7-18-9/h5,7-8,10-11H,3-4,6,15H2,1-2H3,(H,16,18)(H,17,21)(H,19,20)(H,22,23)/t10-,11-/m0/s1. The highest BCUT2D eigenvalue weighted by atomic mass is 16.4. The van der Waals surface area contributed by atoms with Crippen molar-refractivity contribution in [2.75, 3.05) is 6.54 Å². The van der Waals surface area contributed by atoms with Gasteiger partial charge in [0.1, 0.15) is 6.04 Å². The number of aromatic amines is 1. The molecule has 0 radical (unpaired) electrons. The summed E-state index contributed by atoms with van der Waals surface area (Å²) in [6.45, 7) is 3.55. The number of carboxylic acids is 1. The number of carbonyl (C=O) groups is 3. The first-order valence-corrected chi connectivity index (χ1v) is 7.32. The van der Waals surface area contributed by atoms with Gasteiger partial charge in [0.15, 0.2) is 0 Å². The van der Waals surface area contributed by atoms with Gasteiger partial charge in [-0.3, -0.25) is 9.59 Å². The number of nitrogens with one attached hydrogen (secondary N) is 3. The van der Waals surface area contributed by atoms with Crippen LogP contribution in [0.5, 0.6) is 0 Å². The van der Waals surface area contributed by atoms with Gasteiger partial charge in [0.05, 0.1) is 24.6 Å². The Bertz CT molecular complexity index is 529. The van der Waals surface area contributed by atoms with Gasteiger partial charge in [0.25, 0.3) is 0 Å². The van der Waals surface area contributed by atoms with E-state index in [1.54, 1.807) is 6.20 Å². The zero-order valence-corrected chi connectivity index (χ0v) is 13.2. The molecule has 128 valence electrons. The van der Waals surface area contributed by atoms with Crippen LogP contribution < -0.4 is 16.4 Å². The smallest absolute Gasteiger partial charge is 0.326 e. The first-order chi connectivity index (χ1) is 10.8. The summed E-state index contributed by atoms with van der Waals surface area (Å²) in [5, 5.41) is 13.9. The Morgan fingerprint density at radius 1 is 1.39 bits per heavy atom. The number of carbonyl (C=O) groups excluding carboxylic acids is 2. The zero-order chi connectivity index (χ0) is 17.4. The van der Waals surface area contributed by atoms with E-state index in [1.165, 1.54) is 6.33 Å². The number of hydrogen-bond donors (Lipinski definition) is 5. The summed E-state index contributed by atoms with van der Waals surface area (Å²) >= 11 is 0. The summed E-state index contributed by atoms with van der Waals surface area (Å²) in [5.41, 5.74) is 6.21. The summed E-state index contributed by atoms with van der Waals surface area (Å²) in [7, 11) is 0. The molecule has 9 nitrogen and oxygen atoms in total. The van der Waals surface area contributed by atoms with E-state index < -0.39 is 29.9 Å². The minimum atomic E-state index is -1.18. The fraction of sp³-hybridized carbons (Fsp3) is 0.571. The fourth-order valence-electron chi connectivity index (χ4n) is 1.97. The van der Waals surface area contributed by atoms with Crippen LogP contribution in [0.1, 0.15) is 26.0 Å². The van der Waals surface area contributed by atoms with Crippen LogP contribution in [0.25, 0.3) is 0 Å². The molecule has 0 aliphatic carbocycles. The second-order valence-corrected chi connectivity index (χ2v) is 5.68. The third-order valence-electron chi connectivity index (χ3n) is 3.09. The van der Waals surface area contributed by atoms with Gasteiger partial charge in [-0.05, 0) is 12.3 Å². The molecule has 1 heterocycles. The van der Waals surface area contributed by atoms with Crippen molar-refractivity contribution in [3.63, 3.8) is 0 Å². The number of aromatic nitrogens is 2. The first kappa shape index (κ1) is 18.6. The number of aliphatic carboxylic acids is 1. The Labute approximate surface area is 134 Å². The highest BCUT2D eigenvalue weighted by Crippen LogP contribution is 2.02. The lowest BCUT2D eigenvalue weighted by Crippen LogP contribution is -2.49. The van der Waals surface area contributed by atoms with E-state index in [0.717, 1.165) is 0 Å². The van der Waals surface area contributed by atoms with Gasteiger partial charge in [-0.15, -0.1) is 0 Å². The maximum Gasteiger partial charge on any atom is 0.326 e. The van der Waals surface area contributed by atoms with Crippen molar-refractivity contribution in [1.29, 1.82) is 0 Å². The number of nitrogens with zero attached hydrogens (tertiary/aromatic N) is 1. The van der Waals surface area contributed by atoms with Crippen LogP contribution in [-0.4, -0.2) is 51.5 Å². The molecule has 6 N–H and O–H groups in total. The second-order valence-electron chi connectivity index (χ2n) is 5.68. The Hall–Kier alpha value is -2.42. The van der Waals surface area contributed by atoms with Crippen LogP contribution in [0.4, 0.5) is 0 Å². The predicted octanol–water partition coefficient (Wildman–Crippen LogP) is -0.989. The maximum atomic E-state index is 11.8. The molecule has 0 aliphatic rings. The molecule has 23 heavy (non-hydrogen) atoms. The molecular weight excluding hydrogens is 302 g/mol. The average Bonchev–Trinajstić information content (AvgIpc) is 2.96. The molecule has 0 unspecified atom stereocenters. The lowest BCUT2D eigenvalue weighted by Gasteiger charge is -2.16. The van der Waals surface area contributed by atoms with E-state index in [4.69, 9.17) is 10.8 Å².